The molecule has 0 fully saturated rings. The molecule has 2 rings (SSSR count). The number of nitrogens with zero attached hydrogens (tertiary/aromatic N) is 1. The number of anilines is 1. The number of carbonyl (C=O) groups excluding carboxylic acids is 2. The molecule has 0 aliphatic heterocycles. The molecule has 142 valence electrons. The van der Waals surface area contributed by atoms with Crippen LogP contribution in [0.5, 0.6) is 5.75 Å². The van der Waals surface area contributed by atoms with Gasteiger partial charge in [-0.3, -0.25) is 9.59 Å². The molecule has 0 atom stereocenters. The number of rotatable bonds is 7. The van der Waals surface area contributed by atoms with Gasteiger partial charge in [-0.15, -0.1) is 0 Å². The highest BCUT2D eigenvalue weighted by Gasteiger charge is 2.09. The Labute approximate surface area is 174 Å². The minimum atomic E-state index is -0.412. The summed E-state index contributed by atoms with van der Waals surface area (Å²) in [5.41, 5.74) is 4.57. The minimum absolute atomic E-state index is 0.0769. The molecule has 0 saturated heterocycles. The van der Waals surface area contributed by atoms with Crippen molar-refractivity contribution in [2.45, 2.75) is 20.3 Å². The predicted octanol–water partition coefficient (Wildman–Crippen LogP) is 4.42. The van der Waals surface area contributed by atoms with Crippen LogP contribution >= 0.6 is 31.9 Å². The summed E-state index contributed by atoms with van der Waals surface area (Å²) >= 11 is 6.82. The van der Waals surface area contributed by atoms with Gasteiger partial charge in [0.1, 0.15) is 5.75 Å². The van der Waals surface area contributed by atoms with Crippen molar-refractivity contribution in [2.75, 3.05) is 11.9 Å². The zero-order chi connectivity index (χ0) is 19.8. The molecule has 0 radical (unpaired) electrons. The van der Waals surface area contributed by atoms with Crippen LogP contribution in [-0.2, 0) is 9.59 Å². The number of hydrogen-bond donors (Lipinski definition) is 2. The quantitative estimate of drug-likeness (QED) is 0.439. The fraction of sp³-hybridized carbons (Fsp3) is 0.211. The van der Waals surface area contributed by atoms with Gasteiger partial charge in [-0.25, -0.2) is 5.43 Å². The Kier molecular flexibility index (Phi) is 7.99. The second-order valence-corrected chi connectivity index (χ2v) is 7.50. The van der Waals surface area contributed by atoms with Gasteiger partial charge >= 0.3 is 0 Å². The van der Waals surface area contributed by atoms with Crippen molar-refractivity contribution in [1.29, 1.82) is 0 Å². The second kappa shape index (κ2) is 10.2. The van der Waals surface area contributed by atoms with Gasteiger partial charge in [0.25, 0.3) is 5.91 Å². The molecule has 0 spiro atoms. The first-order chi connectivity index (χ1) is 12.8. The van der Waals surface area contributed by atoms with Gasteiger partial charge in [0, 0.05) is 15.9 Å². The number of halogens is 2. The van der Waals surface area contributed by atoms with Gasteiger partial charge in [-0.2, -0.15) is 5.10 Å². The highest BCUT2D eigenvalue weighted by molar-refractivity contribution is 9.11. The summed E-state index contributed by atoms with van der Waals surface area (Å²) in [4.78, 5) is 23.8. The molecule has 6 nitrogen and oxygen atoms in total. The first-order valence-electron chi connectivity index (χ1n) is 8.10. The monoisotopic (exact) mass is 495 g/mol. The molecule has 0 aliphatic carbocycles. The van der Waals surface area contributed by atoms with Crippen molar-refractivity contribution in [1.82, 2.24) is 5.43 Å². The summed E-state index contributed by atoms with van der Waals surface area (Å²) in [6.45, 7) is 3.41. The van der Waals surface area contributed by atoms with E-state index in [1.165, 1.54) is 0 Å². The number of ether oxygens (including phenoxy) is 1. The summed E-state index contributed by atoms with van der Waals surface area (Å²) in [6, 6.07) is 12.8. The molecule has 0 saturated carbocycles. The SMILES string of the molecule is CC(CC(=O)Nc1ccccc1)=NNC(=O)COc1cc(C)c(Br)cc1Br. The van der Waals surface area contributed by atoms with Crippen LogP contribution < -0.4 is 15.5 Å². The third kappa shape index (κ3) is 7.15. The zero-order valence-corrected chi connectivity index (χ0v) is 18.1. The van der Waals surface area contributed by atoms with Crippen molar-refractivity contribution in [2.24, 2.45) is 5.10 Å². The third-order valence-corrected chi connectivity index (χ3v) is 4.89. The molecular weight excluding hydrogens is 478 g/mol. The molecule has 27 heavy (non-hydrogen) atoms. The van der Waals surface area contributed by atoms with Gasteiger partial charge in [0.05, 0.1) is 10.9 Å². The average molecular weight is 497 g/mol. The molecule has 2 aromatic rings. The van der Waals surface area contributed by atoms with E-state index in [9.17, 15) is 9.59 Å². The number of hydrogen-bond acceptors (Lipinski definition) is 4. The molecule has 8 heteroatoms. The van der Waals surface area contributed by atoms with Crippen molar-refractivity contribution >= 4 is 55.1 Å². The lowest BCUT2D eigenvalue weighted by Gasteiger charge is -2.09. The van der Waals surface area contributed by atoms with E-state index in [-0.39, 0.29) is 18.9 Å². The van der Waals surface area contributed by atoms with E-state index in [1.54, 1.807) is 19.1 Å². The lowest BCUT2D eigenvalue weighted by molar-refractivity contribution is -0.123. The summed E-state index contributed by atoms with van der Waals surface area (Å²) in [5.74, 6) is -0.0544. The smallest absolute Gasteiger partial charge is 0.277 e. The first kappa shape index (κ1) is 21.1. The van der Waals surface area contributed by atoms with Crippen LogP contribution in [0.3, 0.4) is 0 Å². The molecule has 2 amide bonds. The van der Waals surface area contributed by atoms with Gasteiger partial charge < -0.3 is 10.1 Å². The maximum Gasteiger partial charge on any atom is 0.277 e. The molecule has 0 unspecified atom stereocenters. The number of amides is 2. The summed E-state index contributed by atoms with van der Waals surface area (Å²) in [6.07, 6.45) is 0.0769. The Bertz CT molecular complexity index is 855. The number of benzene rings is 2. The largest absolute Gasteiger partial charge is 0.483 e. The summed E-state index contributed by atoms with van der Waals surface area (Å²) in [5, 5.41) is 6.69. The van der Waals surface area contributed by atoms with Crippen LogP contribution in [0.1, 0.15) is 18.9 Å². The molecule has 0 aliphatic rings. The van der Waals surface area contributed by atoms with E-state index in [1.807, 2.05) is 37.3 Å². The van der Waals surface area contributed by atoms with E-state index in [4.69, 9.17) is 4.74 Å². The van der Waals surface area contributed by atoms with E-state index in [0.717, 1.165) is 14.5 Å². The topological polar surface area (TPSA) is 79.8 Å². The normalized spacial score (nSPS) is 11.0. The van der Waals surface area contributed by atoms with Gasteiger partial charge in [-0.05, 0) is 59.6 Å². The third-order valence-electron chi connectivity index (χ3n) is 3.42. The molecule has 0 heterocycles. The average Bonchev–Trinajstić information content (AvgIpc) is 2.62. The minimum Gasteiger partial charge on any atom is -0.483 e. The van der Waals surface area contributed by atoms with Crippen LogP contribution in [0.25, 0.3) is 0 Å². The van der Waals surface area contributed by atoms with Crippen LogP contribution in [0, 0.1) is 6.92 Å². The zero-order valence-electron chi connectivity index (χ0n) is 14.9. The fourth-order valence-corrected chi connectivity index (χ4v) is 3.18. The van der Waals surface area contributed by atoms with E-state index in [2.05, 4.69) is 47.7 Å². The summed E-state index contributed by atoms with van der Waals surface area (Å²) < 4.78 is 7.18. The Hall–Kier alpha value is -2.19. The van der Waals surface area contributed by atoms with Crippen LogP contribution in [0.2, 0.25) is 0 Å². The Balaban J connectivity index is 1.80. The molecule has 0 bridgehead atoms. The van der Waals surface area contributed by atoms with Crippen molar-refractivity contribution in [3.63, 3.8) is 0 Å². The maximum atomic E-state index is 11.9. The van der Waals surface area contributed by atoms with Crippen molar-refractivity contribution in [3.05, 3.63) is 57.0 Å². The summed E-state index contributed by atoms with van der Waals surface area (Å²) in [7, 11) is 0. The predicted molar refractivity (Wildman–Crippen MR) is 113 cm³/mol. The van der Waals surface area contributed by atoms with Gasteiger partial charge in [0.2, 0.25) is 5.91 Å². The fourth-order valence-electron chi connectivity index (χ4n) is 2.07. The van der Waals surface area contributed by atoms with E-state index in [0.29, 0.717) is 17.1 Å². The second-order valence-electron chi connectivity index (χ2n) is 5.79. The molecule has 2 aromatic carbocycles. The first-order valence-corrected chi connectivity index (χ1v) is 9.69. The Morgan fingerprint density at radius 2 is 1.78 bits per heavy atom. The lowest BCUT2D eigenvalue weighted by atomic mass is 10.2. The van der Waals surface area contributed by atoms with E-state index < -0.39 is 5.91 Å². The molecular formula is C19H19Br2N3O3. The maximum absolute atomic E-state index is 11.9. The molecule has 2 N–H and O–H groups in total. The van der Waals surface area contributed by atoms with Crippen LogP contribution in [-0.4, -0.2) is 24.1 Å². The lowest BCUT2D eigenvalue weighted by Crippen LogP contribution is -2.26. The number of nitrogens with one attached hydrogen (secondary N) is 2. The Morgan fingerprint density at radius 1 is 1.07 bits per heavy atom. The van der Waals surface area contributed by atoms with Crippen molar-refractivity contribution in [3.8, 4) is 5.75 Å². The van der Waals surface area contributed by atoms with Gasteiger partial charge in [-0.1, -0.05) is 34.1 Å². The molecule has 0 aromatic heterocycles. The highest BCUT2D eigenvalue weighted by Crippen LogP contribution is 2.31. The number of para-hydroxylation sites is 1. The van der Waals surface area contributed by atoms with Crippen LogP contribution in [0.15, 0.2) is 56.5 Å². The highest BCUT2D eigenvalue weighted by atomic mass is 79.9. The van der Waals surface area contributed by atoms with Crippen LogP contribution in [0.4, 0.5) is 5.69 Å². The number of carbonyl (C=O) groups is 2. The number of aryl methyl sites for hydroxylation is 1. The van der Waals surface area contributed by atoms with Gasteiger partial charge in [0.15, 0.2) is 6.61 Å². The van der Waals surface area contributed by atoms with E-state index >= 15 is 0 Å². The van der Waals surface area contributed by atoms with Crippen molar-refractivity contribution < 1.29 is 14.3 Å². The number of hydrazone groups is 1. The Morgan fingerprint density at radius 3 is 2.48 bits per heavy atom. The standard InChI is InChI=1S/C19H19Br2N3O3/c1-12-8-17(16(21)10-15(12)20)27-11-19(26)24-23-13(2)9-18(25)22-14-6-4-3-5-7-14/h3-8,10H,9,11H2,1-2H3,(H,22,25)(H,24,26).